The smallest absolute Gasteiger partial charge is 0.407 e. The van der Waals surface area contributed by atoms with Gasteiger partial charge in [-0.15, -0.1) is 11.8 Å². The van der Waals surface area contributed by atoms with Crippen molar-refractivity contribution in [2.45, 2.75) is 51.2 Å². The number of methoxy groups -OCH3 is 2. The van der Waals surface area contributed by atoms with Crippen molar-refractivity contribution in [2.75, 3.05) is 38.8 Å². The Hall–Kier alpha value is -3.54. The largest absolute Gasteiger partial charge is 0.496 e. The normalized spacial score (nSPS) is 11.0. The number of carbonyl (C=O) groups is 3. The SMILES string of the molecule is COC(=O)c1cc(-c2cc(SCCNC(=O)CCCNC(=O)OC(C)(C)C)nc(N)n2)c(C)cc1OC. The van der Waals surface area contributed by atoms with E-state index in [1.807, 2.05) is 6.92 Å². The van der Waals surface area contributed by atoms with Gasteiger partial charge in [0.1, 0.15) is 21.9 Å². The van der Waals surface area contributed by atoms with Crippen LogP contribution in [0.5, 0.6) is 5.75 Å². The van der Waals surface area contributed by atoms with Crippen LogP contribution in [0.4, 0.5) is 10.7 Å². The molecule has 0 unspecified atom stereocenters. The van der Waals surface area contributed by atoms with Crippen molar-refractivity contribution in [1.29, 1.82) is 0 Å². The van der Waals surface area contributed by atoms with Gasteiger partial charge >= 0.3 is 12.1 Å². The van der Waals surface area contributed by atoms with Gasteiger partial charge in [0.15, 0.2) is 0 Å². The lowest BCUT2D eigenvalue weighted by molar-refractivity contribution is -0.121. The minimum Gasteiger partial charge on any atom is -0.496 e. The van der Waals surface area contributed by atoms with Gasteiger partial charge in [-0.25, -0.2) is 19.6 Å². The highest BCUT2D eigenvalue weighted by Gasteiger charge is 2.18. The Kier molecular flexibility index (Phi) is 11.0. The molecule has 1 heterocycles. The second-order valence-electron chi connectivity index (χ2n) is 9.04. The second-order valence-corrected chi connectivity index (χ2v) is 10.2. The van der Waals surface area contributed by atoms with Crippen molar-refractivity contribution in [1.82, 2.24) is 20.6 Å². The molecule has 1 aromatic heterocycles. The summed E-state index contributed by atoms with van der Waals surface area (Å²) >= 11 is 1.42. The highest BCUT2D eigenvalue weighted by molar-refractivity contribution is 7.99. The average molecular weight is 534 g/mol. The molecule has 2 amide bonds. The number of amides is 2. The molecule has 0 bridgehead atoms. The minimum atomic E-state index is -0.562. The number of aryl methyl sites for hydroxylation is 1. The summed E-state index contributed by atoms with van der Waals surface area (Å²) in [5.41, 5.74) is 7.76. The van der Waals surface area contributed by atoms with Gasteiger partial charge in [-0.3, -0.25) is 4.79 Å². The van der Waals surface area contributed by atoms with E-state index >= 15 is 0 Å². The zero-order valence-corrected chi connectivity index (χ0v) is 22.9. The van der Waals surface area contributed by atoms with Crippen molar-refractivity contribution in [3.63, 3.8) is 0 Å². The molecule has 2 rings (SSSR count). The molecule has 0 atom stereocenters. The zero-order valence-electron chi connectivity index (χ0n) is 22.1. The number of hydrogen-bond acceptors (Lipinski definition) is 10. The summed E-state index contributed by atoms with van der Waals surface area (Å²) in [6.45, 7) is 8.02. The average Bonchev–Trinajstić information content (AvgIpc) is 2.82. The summed E-state index contributed by atoms with van der Waals surface area (Å²) in [6.07, 6.45) is 0.280. The summed E-state index contributed by atoms with van der Waals surface area (Å²) < 4.78 is 15.3. The third kappa shape index (κ3) is 9.79. The number of rotatable bonds is 11. The summed E-state index contributed by atoms with van der Waals surface area (Å²) in [4.78, 5) is 44.5. The lowest BCUT2D eigenvalue weighted by Gasteiger charge is -2.19. The molecule has 11 nitrogen and oxygen atoms in total. The van der Waals surface area contributed by atoms with E-state index in [-0.39, 0.29) is 23.8 Å². The maximum Gasteiger partial charge on any atom is 0.407 e. The number of ether oxygens (including phenoxy) is 3. The maximum absolute atomic E-state index is 12.2. The third-order valence-corrected chi connectivity index (χ3v) is 5.78. The Labute approximate surface area is 221 Å². The number of anilines is 1. The molecule has 0 aliphatic heterocycles. The first-order valence-electron chi connectivity index (χ1n) is 11.7. The molecule has 37 heavy (non-hydrogen) atoms. The van der Waals surface area contributed by atoms with E-state index in [0.717, 1.165) is 5.56 Å². The summed E-state index contributed by atoms with van der Waals surface area (Å²) in [7, 11) is 2.79. The van der Waals surface area contributed by atoms with E-state index in [4.69, 9.17) is 19.9 Å². The summed E-state index contributed by atoms with van der Waals surface area (Å²) in [6, 6.07) is 5.18. The van der Waals surface area contributed by atoms with Crippen LogP contribution in [0.1, 0.15) is 49.5 Å². The van der Waals surface area contributed by atoms with Crippen molar-refractivity contribution >= 4 is 35.7 Å². The first-order chi connectivity index (χ1) is 17.4. The van der Waals surface area contributed by atoms with Gasteiger partial charge in [-0.1, -0.05) is 0 Å². The number of nitrogens with one attached hydrogen (secondary N) is 2. The lowest BCUT2D eigenvalue weighted by atomic mass is 10.0. The Morgan fingerprint density at radius 1 is 1.05 bits per heavy atom. The number of aromatic nitrogens is 2. The van der Waals surface area contributed by atoms with E-state index in [2.05, 4.69) is 20.6 Å². The molecule has 0 aliphatic rings. The van der Waals surface area contributed by atoms with Gasteiger partial charge in [-0.05, 0) is 57.9 Å². The zero-order chi connectivity index (χ0) is 27.6. The van der Waals surface area contributed by atoms with Crippen molar-refractivity contribution < 1.29 is 28.6 Å². The number of nitrogens with zero attached hydrogens (tertiary/aromatic N) is 2. The third-order valence-electron chi connectivity index (χ3n) is 4.87. The van der Waals surface area contributed by atoms with Gasteiger partial charge < -0.3 is 30.6 Å². The molecule has 0 spiro atoms. The first-order valence-corrected chi connectivity index (χ1v) is 12.7. The standard InChI is InChI=1S/C25H35N5O6S/c1-15-12-19(34-5)17(22(32)35-6)13-16(15)18-14-21(30-23(26)29-18)37-11-10-27-20(31)8-7-9-28-24(33)36-25(2,3)4/h12-14H,7-11H2,1-6H3,(H,27,31)(H,28,33)(H2,26,29,30). The van der Waals surface area contributed by atoms with E-state index in [1.165, 1.54) is 26.0 Å². The van der Waals surface area contributed by atoms with Gasteiger partial charge in [0.2, 0.25) is 11.9 Å². The Balaban J connectivity index is 1.90. The van der Waals surface area contributed by atoms with Crippen LogP contribution < -0.4 is 21.1 Å². The van der Waals surface area contributed by atoms with Gasteiger partial charge in [-0.2, -0.15) is 0 Å². The van der Waals surface area contributed by atoms with E-state index in [9.17, 15) is 14.4 Å². The predicted octanol–water partition coefficient (Wildman–Crippen LogP) is 3.34. The molecule has 202 valence electrons. The van der Waals surface area contributed by atoms with Crippen molar-refractivity contribution in [3.05, 3.63) is 29.3 Å². The topological polar surface area (TPSA) is 155 Å². The van der Waals surface area contributed by atoms with Crippen LogP contribution in [0.2, 0.25) is 0 Å². The van der Waals surface area contributed by atoms with Crippen LogP contribution in [-0.2, 0) is 14.3 Å². The number of hydrogen-bond donors (Lipinski definition) is 3. The fraction of sp³-hybridized carbons (Fsp3) is 0.480. The van der Waals surface area contributed by atoms with Crippen LogP contribution in [0.15, 0.2) is 23.2 Å². The predicted molar refractivity (Wildman–Crippen MR) is 142 cm³/mol. The van der Waals surface area contributed by atoms with Crippen molar-refractivity contribution in [3.8, 4) is 17.0 Å². The van der Waals surface area contributed by atoms with E-state index < -0.39 is 17.7 Å². The molecule has 4 N–H and O–H groups in total. The molecular formula is C25H35N5O6S. The Morgan fingerprint density at radius 2 is 1.78 bits per heavy atom. The quantitative estimate of drug-likeness (QED) is 0.169. The number of esters is 1. The molecular weight excluding hydrogens is 498 g/mol. The van der Waals surface area contributed by atoms with Crippen LogP contribution in [0, 0.1) is 6.92 Å². The number of benzene rings is 1. The van der Waals surface area contributed by atoms with Gasteiger partial charge in [0.05, 0.1) is 19.9 Å². The Morgan fingerprint density at radius 3 is 2.43 bits per heavy atom. The summed E-state index contributed by atoms with van der Waals surface area (Å²) in [5, 5.41) is 6.10. The highest BCUT2D eigenvalue weighted by Crippen LogP contribution is 2.32. The monoisotopic (exact) mass is 533 g/mol. The number of alkyl carbamates (subject to hydrolysis) is 1. The molecule has 0 fully saturated rings. The lowest BCUT2D eigenvalue weighted by Crippen LogP contribution is -2.33. The molecule has 0 saturated heterocycles. The number of thioether (sulfide) groups is 1. The highest BCUT2D eigenvalue weighted by atomic mass is 32.2. The van der Waals surface area contributed by atoms with Crippen LogP contribution >= 0.6 is 11.8 Å². The molecule has 0 aliphatic carbocycles. The van der Waals surface area contributed by atoms with E-state index in [1.54, 1.807) is 39.0 Å². The van der Waals surface area contributed by atoms with Gasteiger partial charge in [0, 0.05) is 30.8 Å². The minimum absolute atomic E-state index is 0.0939. The van der Waals surface area contributed by atoms with Crippen molar-refractivity contribution in [2.24, 2.45) is 0 Å². The molecule has 1 aromatic carbocycles. The van der Waals surface area contributed by atoms with Crippen LogP contribution in [0.3, 0.4) is 0 Å². The maximum atomic E-state index is 12.2. The number of carbonyl (C=O) groups excluding carboxylic acids is 3. The summed E-state index contributed by atoms with van der Waals surface area (Å²) in [5.74, 6) is 0.425. The van der Waals surface area contributed by atoms with Crippen LogP contribution in [-0.4, -0.2) is 66.6 Å². The number of nitrogen functional groups attached to an aromatic ring is 1. The molecule has 0 saturated carbocycles. The van der Waals surface area contributed by atoms with Gasteiger partial charge in [0.25, 0.3) is 0 Å². The van der Waals surface area contributed by atoms with Crippen LogP contribution in [0.25, 0.3) is 11.3 Å². The molecule has 2 aromatic rings. The first kappa shape index (κ1) is 29.7. The second kappa shape index (κ2) is 13.7. The fourth-order valence-electron chi connectivity index (χ4n) is 3.24. The molecule has 0 radical (unpaired) electrons. The number of nitrogens with two attached hydrogens (primary N) is 1. The molecule has 12 heteroatoms. The van der Waals surface area contributed by atoms with E-state index in [0.29, 0.717) is 47.3 Å². The Bertz CT molecular complexity index is 1120. The fourth-order valence-corrected chi connectivity index (χ4v) is 4.00.